The number of hydrogen-bond acceptors (Lipinski definition) is 4. The van der Waals surface area contributed by atoms with Crippen molar-refractivity contribution in [3.05, 3.63) is 32.9 Å². The number of imide groups is 1. The van der Waals surface area contributed by atoms with Gasteiger partial charge in [0.2, 0.25) is 0 Å². The molecule has 0 fully saturated rings. The Morgan fingerprint density at radius 3 is 2.09 bits per heavy atom. The third kappa shape index (κ3) is 5.03. The average Bonchev–Trinajstić information content (AvgIpc) is 2.66. The largest absolute Gasteiger partial charge is 0.416 e. The SMILES string of the molecule is CCNc1cc(C(F)(F)F)ccn1.CN1C(=O)C(Br)=C(Br)C1=O. The molecule has 10 heteroatoms. The van der Waals surface area contributed by atoms with Gasteiger partial charge in [-0.05, 0) is 50.9 Å². The van der Waals surface area contributed by atoms with Crippen LogP contribution in [0.3, 0.4) is 0 Å². The van der Waals surface area contributed by atoms with Crippen molar-refractivity contribution >= 4 is 49.5 Å². The second kappa shape index (κ2) is 7.91. The third-order valence-electron chi connectivity index (χ3n) is 2.62. The minimum atomic E-state index is -4.30. The number of anilines is 1. The minimum Gasteiger partial charge on any atom is -0.370 e. The molecule has 1 aliphatic heterocycles. The zero-order valence-electron chi connectivity index (χ0n) is 12.0. The van der Waals surface area contributed by atoms with Gasteiger partial charge in [0.15, 0.2) is 0 Å². The molecular weight excluding hydrogens is 447 g/mol. The Kier molecular flexibility index (Phi) is 6.75. The van der Waals surface area contributed by atoms with Gasteiger partial charge in [0.1, 0.15) is 14.8 Å². The summed E-state index contributed by atoms with van der Waals surface area (Å²) < 4.78 is 37.0. The summed E-state index contributed by atoms with van der Waals surface area (Å²) in [5, 5.41) is 2.71. The first-order valence-electron chi connectivity index (χ1n) is 6.24. The number of nitrogens with zero attached hydrogens (tertiary/aromatic N) is 2. The summed E-state index contributed by atoms with van der Waals surface area (Å²) in [5.41, 5.74) is -0.682. The Labute approximate surface area is 147 Å². The van der Waals surface area contributed by atoms with Crippen molar-refractivity contribution in [3.8, 4) is 0 Å². The van der Waals surface area contributed by atoms with Crippen molar-refractivity contribution < 1.29 is 22.8 Å². The smallest absolute Gasteiger partial charge is 0.370 e. The van der Waals surface area contributed by atoms with Gasteiger partial charge in [0.05, 0.1) is 5.56 Å². The first-order valence-corrected chi connectivity index (χ1v) is 7.83. The zero-order valence-corrected chi connectivity index (χ0v) is 15.2. The van der Waals surface area contributed by atoms with Crippen LogP contribution in [0.4, 0.5) is 19.0 Å². The number of alkyl halides is 3. The highest BCUT2D eigenvalue weighted by molar-refractivity contribution is 9.14. The minimum absolute atomic E-state index is 0.248. The van der Waals surface area contributed by atoms with Crippen LogP contribution in [0.25, 0.3) is 0 Å². The number of hydrogen-bond donors (Lipinski definition) is 1. The molecule has 2 heterocycles. The fourth-order valence-electron chi connectivity index (χ4n) is 1.46. The summed E-state index contributed by atoms with van der Waals surface area (Å²) in [6.45, 7) is 2.34. The van der Waals surface area contributed by atoms with Crippen molar-refractivity contribution in [2.45, 2.75) is 13.1 Å². The summed E-state index contributed by atoms with van der Waals surface area (Å²) in [6.07, 6.45) is -3.16. The molecule has 126 valence electrons. The monoisotopic (exact) mass is 457 g/mol. The standard InChI is InChI=1S/C8H9F3N2.C5H3Br2NO2/c1-2-12-7-5-6(3-4-13-7)8(9,10)11;1-8-4(9)2(6)3(7)5(8)10/h3-5H,2H2,1H3,(H,12,13);1H3. The highest BCUT2D eigenvalue weighted by atomic mass is 79.9. The van der Waals surface area contributed by atoms with Crippen molar-refractivity contribution in [3.63, 3.8) is 0 Å². The summed E-state index contributed by atoms with van der Waals surface area (Å²) in [6, 6.07) is 1.93. The Hall–Kier alpha value is -1.42. The van der Waals surface area contributed by atoms with Crippen LogP contribution in [0, 0.1) is 0 Å². The topological polar surface area (TPSA) is 62.3 Å². The first-order chi connectivity index (χ1) is 10.6. The molecule has 2 rings (SSSR count). The van der Waals surface area contributed by atoms with E-state index in [9.17, 15) is 22.8 Å². The molecule has 0 atom stereocenters. The lowest BCUT2D eigenvalue weighted by Gasteiger charge is -2.08. The molecule has 1 N–H and O–H groups in total. The lowest BCUT2D eigenvalue weighted by Crippen LogP contribution is -2.25. The molecule has 1 aromatic rings. The van der Waals surface area contributed by atoms with E-state index in [0.29, 0.717) is 15.5 Å². The van der Waals surface area contributed by atoms with Gasteiger partial charge in [-0.15, -0.1) is 0 Å². The van der Waals surface area contributed by atoms with E-state index in [0.717, 1.165) is 23.2 Å². The van der Waals surface area contributed by atoms with E-state index < -0.39 is 11.7 Å². The van der Waals surface area contributed by atoms with Crippen LogP contribution in [0.2, 0.25) is 0 Å². The molecule has 0 aliphatic carbocycles. The Balaban J connectivity index is 0.000000238. The zero-order chi connectivity index (χ0) is 17.8. The molecule has 1 aromatic heterocycles. The van der Waals surface area contributed by atoms with E-state index in [-0.39, 0.29) is 17.6 Å². The van der Waals surface area contributed by atoms with Gasteiger partial charge in [-0.2, -0.15) is 13.2 Å². The number of aromatic nitrogens is 1. The van der Waals surface area contributed by atoms with Crippen LogP contribution >= 0.6 is 31.9 Å². The lowest BCUT2D eigenvalue weighted by molar-refractivity contribution is -0.138. The van der Waals surface area contributed by atoms with Gasteiger partial charge in [-0.3, -0.25) is 14.5 Å². The van der Waals surface area contributed by atoms with Gasteiger partial charge in [0, 0.05) is 19.8 Å². The van der Waals surface area contributed by atoms with Gasteiger partial charge in [-0.1, -0.05) is 0 Å². The van der Waals surface area contributed by atoms with Crippen molar-refractivity contribution in [2.75, 3.05) is 18.9 Å². The molecule has 2 amide bonds. The van der Waals surface area contributed by atoms with Crippen molar-refractivity contribution in [1.29, 1.82) is 0 Å². The lowest BCUT2D eigenvalue weighted by atomic mass is 10.2. The number of rotatable bonds is 2. The fourth-order valence-corrected chi connectivity index (χ4v) is 2.33. The highest BCUT2D eigenvalue weighted by Crippen LogP contribution is 2.30. The quantitative estimate of drug-likeness (QED) is 0.689. The number of pyridine rings is 1. The van der Waals surface area contributed by atoms with E-state index in [2.05, 4.69) is 42.2 Å². The molecule has 0 radical (unpaired) electrons. The second-order valence-corrected chi connectivity index (χ2v) is 5.84. The first kappa shape index (κ1) is 19.6. The predicted octanol–water partition coefficient (Wildman–Crippen LogP) is 3.52. The summed E-state index contributed by atoms with van der Waals surface area (Å²) in [5.74, 6) is -0.369. The molecule has 0 bridgehead atoms. The molecular formula is C13H12Br2F3N3O2. The number of carbonyl (C=O) groups excluding carboxylic acids is 2. The average molecular weight is 459 g/mol. The molecule has 0 aromatic carbocycles. The Bertz CT molecular complexity index is 624. The van der Waals surface area contributed by atoms with E-state index >= 15 is 0 Å². The van der Waals surface area contributed by atoms with E-state index in [1.165, 1.54) is 7.05 Å². The summed E-state index contributed by atoms with van der Waals surface area (Å²) in [4.78, 5) is 26.6. The maximum atomic E-state index is 12.2. The van der Waals surface area contributed by atoms with E-state index in [4.69, 9.17) is 0 Å². The van der Waals surface area contributed by atoms with Crippen LogP contribution in [0.15, 0.2) is 27.3 Å². The number of likely N-dealkylation sites (N-methyl/N-ethyl adjacent to an activating group) is 1. The molecule has 5 nitrogen and oxygen atoms in total. The molecule has 0 saturated heterocycles. The van der Waals surface area contributed by atoms with Crippen LogP contribution in [-0.4, -0.2) is 35.3 Å². The van der Waals surface area contributed by atoms with Crippen molar-refractivity contribution in [2.24, 2.45) is 0 Å². The van der Waals surface area contributed by atoms with E-state index in [1.807, 2.05) is 0 Å². The number of halogens is 5. The van der Waals surface area contributed by atoms with Crippen LogP contribution < -0.4 is 5.32 Å². The van der Waals surface area contributed by atoms with Gasteiger partial charge >= 0.3 is 6.18 Å². The van der Waals surface area contributed by atoms with Gasteiger partial charge < -0.3 is 5.32 Å². The maximum absolute atomic E-state index is 12.2. The third-order valence-corrected chi connectivity index (χ3v) is 4.63. The normalized spacial score (nSPS) is 14.8. The second-order valence-electron chi connectivity index (χ2n) is 4.26. The number of amides is 2. The molecule has 23 heavy (non-hydrogen) atoms. The van der Waals surface area contributed by atoms with Crippen LogP contribution in [0.5, 0.6) is 0 Å². The number of carbonyl (C=O) groups is 2. The summed E-state index contributed by atoms with van der Waals surface area (Å²) >= 11 is 5.94. The van der Waals surface area contributed by atoms with Crippen molar-refractivity contribution in [1.82, 2.24) is 9.88 Å². The maximum Gasteiger partial charge on any atom is 0.416 e. The molecule has 0 spiro atoms. The Morgan fingerprint density at radius 2 is 1.74 bits per heavy atom. The molecule has 0 unspecified atom stereocenters. The Morgan fingerprint density at radius 1 is 1.22 bits per heavy atom. The number of nitrogens with one attached hydrogen (secondary N) is 1. The summed E-state index contributed by atoms with van der Waals surface area (Å²) in [7, 11) is 1.43. The van der Waals surface area contributed by atoms with E-state index in [1.54, 1.807) is 6.92 Å². The van der Waals surface area contributed by atoms with Gasteiger partial charge in [-0.25, -0.2) is 4.98 Å². The van der Waals surface area contributed by atoms with Gasteiger partial charge in [0.25, 0.3) is 11.8 Å². The molecule has 1 aliphatic rings. The molecule has 0 saturated carbocycles. The predicted molar refractivity (Wildman–Crippen MR) is 86.1 cm³/mol. The van der Waals surface area contributed by atoms with Crippen LogP contribution in [-0.2, 0) is 15.8 Å². The highest BCUT2D eigenvalue weighted by Gasteiger charge is 2.32. The fraction of sp³-hybridized carbons (Fsp3) is 0.308. The van der Waals surface area contributed by atoms with Crippen LogP contribution in [0.1, 0.15) is 12.5 Å².